The molecule has 130 valence electrons. The molecule has 0 unspecified atom stereocenters. The second kappa shape index (κ2) is 7.00. The van der Waals surface area contributed by atoms with Crippen LogP contribution in [-0.4, -0.2) is 29.9 Å². The maximum Gasteiger partial charge on any atom is 0.348 e. The highest BCUT2D eigenvalue weighted by Gasteiger charge is 2.23. The highest BCUT2D eigenvalue weighted by molar-refractivity contribution is 7.14. The van der Waals surface area contributed by atoms with Crippen LogP contribution in [0.5, 0.6) is 0 Å². The largest absolute Gasteiger partial charge is 0.451 e. The molecule has 0 fully saturated rings. The van der Waals surface area contributed by atoms with Crippen molar-refractivity contribution >= 4 is 23.2 Å². The Morgan fingerprint density at radius 2 is 1.84 bits per heavy atom. The molecular weight excluding hydrogens is 334 g/mol. The standard InChI is InChI=1S/C20H21NO3S/c22-19(21-10-9-14-5-1-2-7-16(14)12-21)13-24-20(23)18-11-15-6-3-4-8-17(15)25-18/h1-2,5,7,11H,3-4,6,8-10,12-13H2. The van der Waals surface area contributed by atoms with Crippen LogP contribution in [0.3, 0.4) is 0 Å². The Labute approximate surface area is 151 Å². The van der Waals surface area contributed by atoms with Crippen molar-refractivity contribution in [2.24, 2.45) is 0 Å². The van der Waals surface area contributed by atoms with Gasteiger partial charge in [-0.3, -0.25) is 4.79 Å². The molecule has 1 amide bonds. The monoisotopic (exact) mass is 355 g/mol. The van der Waals surface area contributed by atoms with E-state index in [1.807, 2.05) is 18.2 Å². The average molecular weight is 355 g/mol. The van der Waals surface area contributed by atoms with Gasteiger partial charge in [0, 0.05) is 18.0 Å². The van der Waals surface area contributed by atoms with Gasteiger partial charge in [-0.25, -0.2) is 4.79 Å². The zero-order valence-electron chi connectivity index (χ0n) is 14.1. The number of thiophene rings is 1. The normalized spacial score (nSPS) is 16.1. The quantitative estimate of drug-likeness (QED) is 0.793. The Hall–Kier alpha value is -2.14. The number of hydrogen-bond donors (Lipinski definition) is 0. The fraction of sp³-hybridized carbons (Fsp3) is 0.400. The minimum absolute atomic E-state index is 0.121. The molecule has 0 saturated heterocycles. The highest BCUT2D eigenvalue weighted by atomic mass is 32.1. The van der Waals surface area contributed by atoms with Gasteiger partial charge in [-0.15, -0.1) is 11.3 Å². The lowest BCUT2D eigenvalue weighted by molar-refractivity contribution is -0.135. The SMILES string of the molecule is O=C(OCC(=O)N1CCc2ccccc2C1)c1cc2c(s1)CCCC2. The number of carbonyl (C=O) groups is 2. The van der Waals surface area contributed by atoms with Crippen molar-refractivity contribution < 1.29 is 14.3 Å². The van der Waals surface area contributed by atoms with Gasteiger partial charge < -0.3 is 9.64 Å². The fourth-order valence-corrected chi connectivity index (χ4v) is 4.74. The first-order valence-corrected chi connectivity index (χ1v) is 9.65. The minimum Gasteiger partial charge on any atom is -0.451 e. The molecule has 1 aromatic carbocycles. The molecular formula is C20H21NO3S. The van der Waals surface area contributed by atoms with Crippen molar-refractivity contribution in [3.8, 4) is 0 Å². The molecule has 4 nitrogen and oxygen atoms in total. The molecule has 0 N–H and O–H groups in total. The van der Waals surface area contributed by atoms with Crippen molar-refractivity contribution in [3.05, 3.63) is 56.8 Å². The topological polar surface area (TPSA) is 46.6 Å². The molecule has 1 aromatic heterocycles. The van der Waals surface area contributed by atoms with Crippen LogP contribution in [0.2, 0.25) is 0 Å². The van der Waals surface area contributed by atoms with E-state index in [2.05, 4.69) is 12.1 Å². The number of carbonyl (C=O) groups excluding carboxylic acids is 2. The fourth-order valence-electron chi connectivity index (χ4n) is 3.59. The van der Waals surface area contributed by atoms with Crippen LogP contribution in [0.1, 0.15) is 44.1 Å². The summed E-state index contributed by atoms with van der Waals surface area (Å²) in [7, 11) is 0. The molecule has 25 heavy (non-hydrogen) atoms. The minimum atomic E-state index is -0.370. The van der Waals surface area contributed by atoms with Crippen LogP contribution in [0.15, 0.2) is 30.3 Å². The third-order valence-electron chi connectivity index (χ3n) is 5.01. The van der Waals surface area contributed by atoms with Crippen molar-refractivity contribution in [1.82, 2.24) is 4.90 Å². The average Bonchev–Trinajstić information content (AvgIpc) is 3.09. The van der Waals surface area contributed by atoms with Gasteiger partial charge >= 0.3 is 5.97 Å². The zero-order valence-corrected chi connectivity index (χ0v) is 14.9. The number of fused-ring (bicyclic) bond motifs is 2. The molecule has 2 aliphatic rings. The van der Waals surface area contributed by atoms with E-state index in [4.69, 9.17) is 4.74 Å². The van der Waals surface area contributed by atoms with E-state index in [9.17, 15) is 9.59 Å². The van der Waals surface area contributed by atoms with Gasteiger partial charge in [0.15, 0.2) is 6.61 Å². The van der Waals surface area contributed by atoms with Crippen LogP contribution in [0.25, 0.3) is 0 Å². The summed E-state index contributed by atoms with van der Waals surface area (Å²) in [5.41, 5.74) is 3.76. The first-order chi connectivity index (χ1) is 12.2. The van der Waals surface area contributed by atoms with Gasteiger partial charge in [-0.1, -0.05) is 24.3 Å². The molecule has 0 saturated carbocycles. The van der Waals surface area contributed by atoms with E-state index < -0.39 is 0 Å². The maximum absolute atomic E-state index is 12.4. The van der Waals surface area contributed by atoms with Crippen LogP contribution in [0, 0.1) is 0 Å². The molecule has 0 spiro atoms. The van der Waals surface area contributed by atoms with E-state index in [-0.39, 0.29) is 18.5 Å². The van der Waals surface area contributed by atoms with Crippen molar-refractivity contribution in [3.63, 3.8) is 0 Å². The molecule has 0 bridgehead atoms. The van der Waals surface area contributed by atoms with Crippen molar-refractivity contribution in [2.75, 3.05) is 13.2 Å². The highest BCUT2D eigenvalue weighted by Crippen LogP contribution is 2.30. The lowest BCUT2D eigenvalue weighted by Gasteiger charge is -2.28. The van der Waals surface area contributed by atoms with Gasteiger partial charge in [0.1, 0.15) is 4.88 Å². The molecule has 1 aliphatic carbocycles. The van der Waals surface area contributed by atoms with Gasteiger partial charge in [0.05, 0.1) is 0 Å². The number of benzene rings is 1. The van der Waals surface area contributed by atoms with E-state index in [0.29, 0.717) is 18.0 Å². The number of ether oxygens (including phenoxy) is 1. The third kappa shape index (κ3) is 3.47. The number of aryl methyl sites for hydroxylation is 2. The maximum atomic E-state index is 12.4. The smallest absolute Gasteiger partial charge is 0.348 e. The van der Waals surface area contributed by atoms with Crippen molar-refractivity contribution in [1.29, 1.82) is 0 Å². The number of rotatable bonds is 3. The lowest BCUT2D eigenvalue weighted by atomic mass is 9.99. The number of nitrogens with zero attached hydrogens (tertiary/aromatic N) is 1. The Morgan fingerprint density at radius 1 is 1.04 bits per heavy atom. The van der Waals surface area contributed by atoms with Gasteiger partial charge in [0.2, 0.25) is 0 Å². The van der Waals surface area contributed by atoms with E-state index in [1.165, 1.54) is 45.7 Å². The summed E-state index contributed by atoms with van der Waals surface area (Å²) in [5, 5.41) is 0. The molecule has 2 heterocycles. The Balaban J connectivity index is 1.34. The summed E-state index contributed by atoms with van der Waals surface area (Å²) < 4.78 is 5.29. The molecule has 0 radical (unpaired) electrons. The van der Waals surface area contributed by atoms with Crippen LogP contribution in [-0.2, 0) is 35.3 Å². The molecule has 5 heteroatoms. The Morgan fingerprint density at radius 3 is 2.68 bits per heavy atom. The predicted molar refractivity (Wildman–Crippen MR) is 96.8 cm³/mol. The van der Waals surface area contributed by atoms with E-state index in [0.717, 1.165) is 19.3 Å². The van der Waals surface area contributed by atoms with Crippen LogP contribution < -0.4 is 0 Å². The van der Waals surface area contributed by atoms with Gasteiger partial charge in [0.25, 0.3) is 5.91 Å². The predicted octanol–water partition coefficient (Wildman–Crippen LogP) is 3.37. The molecule has 2 aromatic rings. The van der Waals surface area contributed by atoms with Crippen LogP contribution >= 0.6 is 11.3 Å². The Bertz CT molecular complexity index is 788. The summed E-state index contributed by atoms with van der Waals surface area (Å²) in [4.78, 5) is 28.4. The third-order valence-corrected chi connectivity index (χ3v) is 6.23. The lowest BCUT2D eigenvalue weighted by Crippen LogP contribution is -2.38. The summed E-state index contributed by atoms with van der Waals surface area (Å²) >= 11 is 1.52. The molecule has 1 aliphatic heterocycles. The van der Waals surface area contributed by atoms with Crippen molar-refractivity contribution in [2.45, 2.75) is 38.6 Å². The Kier molecular flexibility index (Phi) is 4.57. The first kappa shape index (κ1) is 16.3. The summed E-state index contributed by atoms with van der Waals surface area (Å²) in [5.74, 6) is -0.491. The summed E-state index contributed by atoms with van der Waals surface area (Å²) in [6, 6.07) is 10.1. The van der Waals surface area contributed by atoms with E-state index in [1.54, 1.807) is 4.90 Å². The summed E-state index contributed by atoms with van der Waals surface area (Å²) in [6.07, 6.45) is 5.34. The first-order valence-electron chi connectivity index (χ1n) is 8.84. The molecule has 0 atom stereocenters. The summed E-state index contributed by atoms with van der Waals surface area (Å²) in [6.45, 7) is 1.10. The number of amides is 1. The zero-order chi connectivity index (χ0) is 17.2. The second-order valence-electron chi connectivity index (χ2n) is 6.68. The van der Waals surface area contributed by atoms with Gasteiger partial charge in [-0.05, 0) is 54.9 Å². The molecule has 4 rings (SSSR count). The van der Waals surface area contributed by atoms with E-state index >= 15 is 0 Å². The second-order valence-corrected chi connectivity index (χ2v) is 7.81. The number of esters is 1. The number of hydrogen-bond acceptors (Lipinski definition) is 4. The van der Waals surface area contributed by atoms with Crippen LogP contribution in [0.4, 0.5) is 0 Å². The van der Waals surface area contributed by atoms with Gasteiger partial charge in [-0.2, -0.15) is 0 Å².